The van der Waals surface area contributed by atoms with E-state index in [0.717, 1.165) is 26.2 Å². The van der Waals surface area contributed by atoms with Crippen LogP contribution in [-0.4, -0.2) is 48.3 Å². The van der Waals surface area contributed by atoms with Gasteiger partial charge in [0.25, 0.3) is 0 Å². The van der Waals surface area contributed by atoms with Gasteiger partial charge in [-0.15, -0.1) is 0 Å². The zero-order valence-corrected chi connectivity index (χ0v) is 13.4. The SMILES string of the molecule is OC1C2CCCC1C(N1CCN(c3ccccc3)CC1)CC2. The summed E-state index contributed by atoms with van der Waals surface area (Å²) >= 11 is 0. The molecule has 1 aliphatic heterocycles. The van der Waals surface area contributed by atoms with Crippen molar-refractivity contribution in [2.24, 2.45) is 11.8 Å². The Morgan fingerprint density at radius 1 is 0.864 bits per heavy atom. The number of benzene rings is 1. The van der Waals surface area contributed by atoms with E-state index in [2.05, 4.69) is 40.1 Å². The van der Waals surface area contributed by atoms with E-state index in [0.29, 0.717) is 17.9 Å². The first-order valence-corrected chi connectivity index (χ1v) is 9.05. The molecule has 2 bridgehead atoms. The Morgan fingerprint density at radius 3 is 2.41 bits per heavy atom. The monoisotopic (exact) mass is 300 g/mol. The molecule has 1 aromatic carbocycles. The van der Waals surface area contributed by atoms with Crippen molar-refractivity contribution in [3.63, 3.8) is 0 Å². The molecule has 1 N–H and O–H groups in total. The van der Waals surface area contributed by atoms with Gasteiger partial charge in [0.2, 0.25) is 0 Å². The van der Waals surface area contributed by atoms with Gasteiger partial charge < -0.3 is 10.0 Å². The molecule has 0 amide bonds. The summed E-state index contributed by atoms with van der Waals surface area (Å²) in [5.41, 5.74) is 1.35. The number of aliphatic hydroxyl groups excluding tert-OH is 1. The number of anilines is 1. The van der Waals surface area contributed by atoms with Crippen molar-refractivity contribution in [3.8, 4) is 0 Å². The largest absolute Gasteiger partial charge is 0.392 e. The number of fused-ring (bicyclic) bond motifs is 2. The van der Waals surface area contributed by atoms with Crippen LogP contribution in [0.2, 0.25) is 0 Å². The van der Waals surface area contributed by atoms with Crippen LogP contribution in [0.15, 0.2) is 30.3 Å². The van der Waals surface area contributed by atoms with Gasteiger partial charge in [-0.2, -0.15) is 0 Å². The maximum atomic E-state index is 10.6. The fourth-order valence-corrected chi connectivity index (χ4v) is 5.04. The fraction of sp³-hybridized carbons (Fsp3) is 0.684. The molecule has 3 heteroatoms. The molecule has 1 heterocycles. The van der Waals surface area contributed by atoms with Crippen molar-refractivity contribution in [2.75, 3.05) is 31.1 Å². The molecular formula is C19H28N2O. The maximum Gasteiger partial charge on any atom is 0.0611 e. The topological polar surface area (TPSA) is 26.7 Å². The van der Waals surface area contributed by atoms with Crippen LogP contribution in [0.1, 0.15) is 32.1 Å². The second-order valence-corrected chi connectivity index (χ2v) is 7.35. The van der Waals surface area contributed by atoms with E-state index in [1.165, 1.54) is 37.8 Å². The second kappa shape index (κ2) is 6.21. The molecule has 4 unspecified atom stereocenters. The third kappa shape index (κ3) is 2.65. The molecule has 120 valence electrons. The third-order valence-electron chi connectivity index (χ3n) is 6.27. The lowest BCUT2D eigenvalue weighted by molar-refractivity contribution is -0.0636. The summed E-state index contributed by atoms with van der Waals surface area (Å²) in [5.74, 6) is 1.14. The van der Waals surface area contributed by atoms with Crippen LogP contribution in [0.4, 0.5) is 5.69 Å². The molecule has 2 saturated carbocycles. The zero-order chi connectivity index (χ0) is 14.9. The molecule has 4 atom stereocenters. The van der Waals surface area contributed by atoms with Gasteiger partial charge in [-0.05, 0) is 43.7 Å². The third-order valence-corrected chi connectivity index (χ3v) is 6.27. The van der Waals surface area contributed by atoms with Crippen LogP contribution >= 0.6 is 0 Å². The molecule has 1 saturated heterocycles. The molecule has 3 fully saturated rings. The van der Waals surface area contributed by atoms with Crippen LogP contribution in [-0.2, 0) is 0 Å². The standard InChI is InChI=1S/C19H28N2O/c22-19-15-5-4-8-17(19)18(10-9-15)21-13-11-20(12-14-21)16-6-2-1-3-7-16/h1-3,6-7,15,17-19,22H,4-5,8-14H2. The highest BCUT2D eigenvalue weighted by Gasteiger charge is 2.43. The quantitative estimate of drug-likeness (QED) is 0.910. The van der Waals surface area contributed by atoms with Crippen molar-refractivity contribution >= 4 is 5.69 Å². The molecule has 0 radical (unpaired) electrons. The van der Waals surface area contributed by atoms with E-state index < -0.39 is 0 Å². The summed E-state index contributed by atoms with van der Waals surface area (Å²) in [4.78, 5) is 5.17. The van der Waals surface area contributed by atoms with Crippen molar-refractivity contribution in [3.05, 3.63) is 30.3 Å². The summed E-state index contributed by atoms with van der Waals surface area (Å²) in [6, 6.07) is 11.4. The lowest BCUT2D eigenvalue weighted by atomic mass is 9.67. The summed E-state index contributed by atoms with van der Waals surface area (Å²) in [6.07, 6.45) is 6.33. The molecule has 4 rings (SSSR count). The van der Waals surface area contributed by atoms with Gasteiger partial charge in [0.15, 0.2) is 0 Å². The predicted molar refractivity (Wildman–Crippen MR) is 90.1 cm³/mol. The summed E-state index contributed by atoms with van der Waals surface area (Å²) < 4.78 is 0. The van der Waals surface area contributed by atoms with Gasteiger partial charge in [0.05, 0.1) is 6.10 Å². The minimum Gasteiger partial charge on any atom is -0.392 e. The van der Waals surface area contributed by atoms with Crippen molar-refractivity contribution in [1.29, 1.82) is 0 Å². The molecule has 3 nitrogen and oxygen atoms in total. The number of para-hydroxylation sites is 1. The fourth-order valence-electron chi connectivity index (χ4n) is 5.04. The summed E-state index contributed by atoms with van der Waals surface area (Å²) in [5, 5.41) is 10.6. The summed E-state index contributed by atoms with van der Waals surface area (Å²) in [6.45, 7) is 4.53. The Labute approximate surface area is 133 Å². The first-order valence-electron chi connectivity index (χ1n) is 9.05. The van der Waals surface area contributed by atoms with Crippen LogP contribution in [0.3, 0.4) is 0 Å². The lowest BCUT2D eigenvalue weighted by Gasteiger charge is -2.50. The molecule has 0 aromatic heterocycles. The lowest BCUT2D eigenvalue weighted by Crippen LogP contribution is -2.57. The van der Waals surface area contributed by atoms with E-state index in [9.17, 15) is 5.11 Å². The second-order valence-electron chi connectivity index (χ2n) is 7.35. The number of hydrogen-bond donors (Lipinski definition) is 1. The number of rotatable bonds is 2. The Kier molecular flexibility index (Phi) is 4.10. The molecule has 1 aromatic rings. The van der Waals surface area contributed by atoms with E-state index in [1.54, 1.807) is 0 Å². The normalized spacial score (nSPS) is 36.3. The van der Waals surface area contributed by atoms with Gasteiger partial charge in [0, 0.05) is 43.8 Å². The Hall–Kier alpha value is -1.06. The highest BCUT2D eigenvalue weighted by atomic mass is 16.3. The highest BCUT2D eigenvalue weighted by molar-refractivity contribution is 5.46. The van der Waals surface area contributed by atoms with Gasteiger partial charge in [-0.1, -0.05) is 24.6 Å². The van der Waals surface area contributed by atoms with Crippen LogP contribution in [0, 0.1) is 11.8 Å². The van der Waals surface area contributed by atoms with Crippen LogP contribution in [0.25, 0.3) is 0 Å². The van der Waals surface area contributed by atoms with Gasteiger partial charge in [0.1, 0.15) is 0 Å². The maximum absolute atomic E-state index is 10.6. The molecule has 0 spiro atoms. The average Bonchev–Trinajstić information content (AvgIpc) is 2.56. The predicted octanol–water partition coefficient (Wildman–Crippen LogP) is 2.75. The van der Waals surface area contributed by atoms with Crippen LogP contribution in [0.5, 0.6) is 0 Å². The Balaban J connectivity index is 1.39. The highest BCUT2D eigenvalue weighted by Crippen LogP contribution is 2.42. The van der Waals surface area contributed by atoms with Crippen molar-refractivity contribution < 1.29 is 5.11 Å². The number of aliphatic hydroxyl groups is 1. The van der Waals surface area contributed by atoms with Crippen molar-refractivity contribution in [2.45, 2.75) is 44.2 Å². The molecule has 22 heavy (non-hydrogen) atoms. The number of piperazine rings is 1. The molecular weight excluding hydrogens is 272 g/mol. The van der Waals surface area contributed by atoms with Gasteiger partial charge >= 0.3 is 0 Å². The molecule has 2 aliphatic carbocycles. The van der Waals surface area contributed by atoms with Crippen molar-refractivity contribution in [1.82, 2.24) is 4.90 Å². The molecule has 3 aliphatic rings. The van der Waals surface area contributed by atoms with E-state index in [4.69, 9.17) is 0 Å². The minimum atomic E-state index is -0.0281. The average molecular weight is 300 g/mol. The summed E-state index contributed by atoms with van der Waals surface area (Å²) in [7, 11) is 0. The van der Waals surface area contributed by atoms with Gasteiger partial charge in [-0.3, -0.25) is 4.90 Å². The minimum absolute atomic E-state index is 0.0281. The number of nitrogens with zero attached hydrogens (tertiary/aromatic N) is 2. The van der Waals surface area contributed by atoms with E-state index in [-0.39, 0.29) is 6.10 Å². The zero-order valence-electron chi connectivity index (χ0n) is 13.4. The first-order chi connectivity index (χ1) is 10.8. The Bertz CT molecular complexity index is 483. The smallest absolute Gasteiger partial charge is 0.0611 e. The van der Waals surface area contributed by atoms with E-state index >= 15 is 0 Å². The first kappa shape index (κ1) is 14.5. The van der Waals surface area contributed by atoms with Gasteiger partial charge in [-0.25, -0.2) is 0 Å². The number of hydrogen-bond acceptors (Lipinski definition) is 3. The van der Waals surface area contributed by atoms with Crippen LogP contribution < -0.4 is 4.90 Å². The van der Waals surface area contributed by atoms with E-state index in [1.807, 2.05) is 0 Å². The Morgan fingerprint density at radius 2 is 1.64 bits per heavy atom.